The quantitative estimate of drug-likeness (QED) is 0.476. The van der Waals surface area contributed by atoms with Gasteiger partial charge in [0.15, 0.2) is 0 Å². The number of benzene rings is 2. The number of rotatable bonds is 5. The largest absolute Gasteiger partial charge is 0.285 e. The van der Waals surface area contributed by atoms with Crippen LogP contribution in [0.2, 0.25) is 0 Å². The van der Waals surface area contributed by atoms with Gasteiger partial charge in [-0.3, -0.25) is 19.2 Å². The first kappa shape index (κ1) is 16.1. The van der Waals surface area contributed by atoms with E-state index in [4.69, 9.17) is 23.2 Å². The van der Waals surface area contributed by atoms with E-state index in [-0.39, 0.29) is 22.3 Å². The molecule has 0 saturated heterocycles. The zero-order chi connectivity index (χ0) is 16.3. The first-order valence-corrected chi connectivity index (χ1v) is 6.84. The van der Waals surface area contributed by atoms with E-state index in [2.05, 4.69) is 0 Å². The summed E-state index contributed by atoms with van der Waals surface area (Å²) in [5.74, 6) is -1.61. The molecule has 0 atom stereocenters. The topological polar surface area (TPSA) is 68.3 Å². The third kappa shape index (κ3) is 3.47. The van der Waals surface area contributed by atoms with Crippen LogP contribution in [-0.2, 0) is 0 Å². The van der Waals surface area contributed by atoms with E-state index in [0.717, 1.165) is 0 Å². The smallest absolute Gasteiger partial charge is 0.252 e. The van der Waals surface area contributed by atoms with Gasteiger partial charge in [0.1, 0.15) is 0 Å². The third-order valence-electron chi connectivity index (χ3n) is 2.91. The minimum absolute atomic E-state index is 0.0408. The lowest BCUT2D eigenvalue weighted by Crippen LogP contribution is -2.15. The normalized spacial score (nSPS) is 10.1. The Bertz CT molecular complexity index is 729. The first-order valence-electron chi connectivity index (χ1n) is 6.09. The molecule has 2 aromatic rings. The number of ketones is 2. The van der Waals surface area contributed by atoms with E-state index < -0.39 is 22.1 Å². The molecule has 0 saturated carbocycles. The number of carbonyl (C=O) groups excluding carboxylic acids is 4. The Morgan fingerprint density at radius 1 is 0.591 bits per heavy atom. The summed E-state index contributed by atoms with van der Waals surface area (Å²) in [5.41, 5.74) is 0.313. The van der Waals surface area contributed by atoms with Crippen molar-refractivity contribution < 1.29 is 19.2 Å². The van der Waals surface area contributed by atoms with Crippen LogP contribution in [0.25, 0.3) is 0 Å². The van der Waals surface area contributed by atoms with E-state index >= 15 is 0 Å². The van der Waals surface area contributed by atoms with Gasteiger partial charge in [0.25, 0.3) is 10.5 Å². The Labute approximate surface area is 135 Å². The van der Waals surface area contributed by atoms with E-state index in [1.54, 1.807) is 0 Å². The molecule has 0 aromatic heterocycles. The Kier molecular flexibility index (Phi) is 4.85. The van der Waals surface area contributed by atoms with Crippen molar-refractivity contribution in [1.82, 2.24) is 0 Å². The lowest BCUT2D eigenvalue weighted by atomic mass is 9.99. The molecule has 0 radical (unpaired) electrons. The van der Waals surface area contributed by atoms with E-state index in [0.29, 0.717) is 0 Å². The molecule has 0 aliphatic carbocycles. The van der Waals surface area contributed by atoms with Gasteiger partial charge in [0.05, 0.1) is 0 Å². The van der Waals surface area contributed by atoms with E-state index in [9.17, 15) is 19.2 Å². The maximum atomic E-state index is 12.2. The highest BCUT2D eigenvalue weighted by molar-refractivity contribution is 6.68. The van der Waals surface area contributed by atoms with Gasteiger partial charge < -0.3 is 0 Å². The summed E-state index contributed by atoms with van der Waals surface area (Å²) in [6.07, 6.45) is 0. The summed E-state index contributed by atoms with van der Waals surface area (Å²) in [5, 5.41) is -1.45. The Morgan fingerprint density at radius 3 is 1.23 bits per heavy atom. The zero-order valence-electron chi connectivity index (χ0n) is 11.0. The van der Waals surface area contributed by atoms with Crippen molar-refractivity contribution in [2.24, 2.45) is 0 Å². The molecular formula is C16H8Cl2O4. The summed E-state index contributed by atoms with van der Waals surface area (Å²) in [7, 11) is 0. The van der Waals surface area contributed by atoms with Crippen LogP contribution in [0.15, 0.2) is 48.5 Å². The number of hydrogen-bond acceptors (Lipinski definition) is 4. The van der Waals surface area contributed by atoms with Crippen molar-refractivity contribution in [2.45, 2.75) is 0 Å². The number of hydrogen-bond donors (Lipinski definition) is 0. The van der Waals surface area contributed by atoms with Gasteiger partial charge in [-0.1, -0.05) is 36.4 Å². The van der Waals surface area contributed by atoms with Gasteiger partial charge in [-0.2, -0.15) is 0 Å². The van der Waals surface area contributed by atoms with Gasteiger partial charge in [0.2, 0.25) is 11.6 Å². The standard InChI is InChI=1S/C16H8Cl2O4/c17-15(21)11-5-1-3-9(7-11)13(19)14(20)10-4-2-6-12(8-10)16(18)22/h1-8H. The van der Waals surface area contributed by atoms with Crippen LogP contribution in [0.5, 0.6) is 0 Å². The predicted octanol–water partition coefficient (Wildman–Crippen LogP) is 3.51. The molecule has 110 valence electrons. The highest BCUT2D eigenvalue weighted by atomic mass is 35.5. The number of Topliss-reactive ketones (excluding diaryl/α,β-unsaturated/α-hetero) is 2. The highest BCUT2D eigenvalue weighted by Crippen LogP contribution is 2.14. The minimum Gasteiger partial charge on any atom is -0.285 e. The van der Waals surface area contributed by atoms with Crippen molar-refractivity contribution in [1.29, 1.82) is 0 Å². The Balaban J connectivity index is 2.35. The van der Waals surface area contributed by atoms with Crippen molar-refractivity contribution in [3.63, 3.8) is 0 Å². The van der Waals surface area contributed by atoms with Crippen LogP contribution in [0.3, 0.4) is 0 Å². The van der Waals surface area contributed by atoms with E-state index in [1.165, 1.54) is 48.5 Å². The highest BCUT2D eigenvalue weighted by Gasteiger charge is 2.20. The van der Waals surface area contributed by atoms with Gasteiger partial charge in [0, 0.05) is 22.3 Å². The molecule has 4 nitrogen and oxygen atoms in total. The molecule has 0 amide bonds. The second-order valence-electron chi connectivity index (χ2n) is 4.37. The molecule has 0 fully saturated rings. The Morgan fingerprint density at radius 2 is 0.909 bits per heavy atom. The average molecular weight is 335 g/mol. The number of carbonyl (C=O) groups is 4. The van der Waals surface area contributed by atoms with Crippen molar-refractivity contribution in [2.75, 3.05) is 0 Å². The van der Waals surface area contributed by atoms with Crippen molar-refractivity contribution >= 4 is 45.3 Å². The van der Waals surface area contributed by atoms with Gasteiger partial charge in [-0.15, -0.1) is 0 Å². The molecule has 2 rings (SSSR count). The molecular weight excluding hydrogens is 327 g/mol. The third-order valence-corrected chi connectivity index (χ3v) is 3.35. The van der Waals surface area contributed by atoms with Gasteiger partial charge in [-0.05, 0) is 35.3 Å². The molecule has 0 heterocycles. The van der Waals surface area contributed by atoms with Gasteiger partial charge >= 0.3 is 0 Å². The van der Waals surface area contributed by atoms with Crippen LogP contribution in [0, 0.1) is 0 Å². The molecule has 0 bridgehead atoms. The van der Waals surface area contributed by atoms with Crippen LogP contribution < -0.4 is 0 Å². The summed E-state index contributed by atoms with van der Waals surface area (Å²) >= 11 is 10.7. The van der Waals surface area contributed by atoms with Crippen molar-refractivity contribution in [3.8, 4) is 0 Å². The summed E-state index contributed by atoms with van der Waals surface area (Å²) in [6.45, 7) is 0. The van der Waals surface area contributed by atoms with Crippen LogP contribution >= 0.6 is 23.2 Å². The maximum Gasteiger partial charge on any atom is 0.252 e. The van der Waals surface area contributed by atoms with Crippen LogP contribution in [-0.4, -0.2) is 22.1 Å². The summed E-state index contributed by atoms with van der Waals surface area (Å²) in [6, 6.07) is 11.1. The maximum absolute atomic E-state index is 12.2. The molecule has 2 aromatic carbocycles. The molecule has 0 N–H and O–H groups in total. The second-order valence-corrected chi connectivity index (χ2v) is 5.05. The monoisotopic (exact) mass is 334 g/mol. The first-order chi connectivity index (χ1) is 10.4. The zero-order valence-corrected chi connectivity index (χ0v) is 12.5. The van der Waals surface area contributed by atoms with Crippen LogP contribution in [0.4, 0.5) is 0 Å². The molecule has 0 aliphatic rings. The lowest BCUT2D eigenvalue weighted by molar-refractivity contribution is 0.0816. The van der Waals surface area contributed by atoms with Crippen LogP contribution in [0.1, 0.15) is 41.4 Å². The summed E-state index contributed by atoms with van der Waals surface area (Å²) < 4.78 is 0. The predicted molar refractivity (Wildman–Crippen MR) is 81.9 cm³/mol. The van der Waals surface area contributed by atoms with E-state index in [1.807, 2.05) is 0 Å². The van der Waals surface area contributed by atoms with Gasteiger partial charge in [-0.25, -0.2) is 0 Å². The Hall–Kier alpha value is -2.30. The fourth-order valence-corrected chi connectivity index (χ4v) is 2.06. The molecule has 0 unspecified atom stereocenters. The minimum atomic E-state index is -0.807. The second kappa shape index (κ2) is 6.64. The SMILES string of the molecule is O=C(Cl)c1cccc(C(=O)C(=O)c2cccc(C(=O)Cl)c2)c1. The molecule has 0 aliphatic heterocycles. The summed E-state index contributed by atoms with van der Waals surface area (Å²) in [4.78, 5) is 46.6. The fraction of sp³-hybridized carbons (Fsp3) is 0. The number of halogens is 2. The fourth-order valence-electron chi connectivity index (χ4n) is 1.83. The van der Waals surface area contributed by atoms with Crippen molar-refractivity contribution in [3.05, 3.63) is 70.8 Å². The lowest BCUT2D eigenvalue weighted by Gasteiger charge is -2.03. The molecule has 0 spiro atoms. The molecule has 22 heavy (non-hydrogen) atoms. The average Bonchev–Trinajstić information content (AvgIpc) is 2.53. The molecule has 6 heteroatoms.